The summed E-state index contributed by atoms with van der Waals surface area (Å²) in [5.41, 5.74) is 2.28. The molecular weight excluding hydrogens is 461 g/mol. The number of aryl methyl sites for hydroxylation is 1. The van der Waals surface area contributed by atoms with Crippen LogP contribution in [0, 0.1) is 6.92 Å². The molecule has 35 heavy (non-hydrogen) atoms. The van der Waals surface area contributed by atoms with Gasteiger partial charge in [0.2, 0.25) is 0 Å². The van der Waals surface area contributed by atoms with Crippen LogP contribution in [0.3, 0.4) is 0 Å². The normalized spacial score (nSPS) is 16.1. The van der Waals surface area contributed by atoms with E-state index in [1.165, 1.54) is 24.3 Å². The van der Waals surface area contributed by atoms with Crippen LogP contribution in [0.2, 0.25) is 0 Å². The Balaban J connectivity index is 1.56. The summed E-state index contributed by atoms with van der Waals surface area (Å²) in [5, 5.41) is 27.9. The highest BCUT2D eigenvalue weighted by Crippen LogP contribution is 2.39. The van der Waals surface area contributed by atoms with Crippen LogP contribution >= 0.6 is 0 Å². The number of aliphatic hydroxyl groups excluding tert-OH is 1. The molecule has 0 amide bonds. The molecule has 186 valence electrons. The molecule has 0 bridgehead atoms. The van der Waals surface area contributed by atoms with E-state index >= 15 is 0 Å². The number of carboxylic acid groups (broad SMARTS) is 1. The van der Waals surface area contributed by atoms with Crippen molar-refractivity contribution in [3.63, 3.8) is 0 Å². The Bertz CT molecular complexity index is 1210. The average molecular weight is 489 g/mol. The summed E-state index contributed by atoms with van der Waals surface area (Å²) in [6, 6.07) is 11.0. The number of nitrogens with one attached hydrogen (secondary N) is 1. The topological polar surface area (TPSA) is 90.6 Å². The molecule has 3 N–H and O–H groups in total. The van der Waals surface area contributed by atoms with Crippen LogP contribution in [0.15, 0.2) is 48.5 Å². The first kappa shape index (κ1) is 24.7. The van der Waals surface area contributed by atoms with Gasteiger partial charge in [-0.05, 0) is 56.2 Å². The highest BCUT2D eigenvalue weighted by Gasteiger charge is 2.34. The molecule has 1 aliphatic rings. The van der Waals surface area contributed by atoms with Gasteiger partial charge in [0.15, 0.2) is 0 Å². The van der Waals surface area contributed by atoms with E-state index in [0.717, 1.165) is 29.1 Å². The smallest absolute Gasteiger partial charge is 0.416 e. The molecule has 0 spiro atoms. The number of hydrogen-bond donors (Lipinski definition) is 3. The third kappa shape index (κ3) is 4.89. The molecule has 4 rings (SSSR count). The van der Waals surface area contributed by atoms with Gasteiger partial charge in [-0.25, -0.2) is 9.48 Å². The van der Waals surface area contributed by atoms with Crippen molar-refractivity contribution >= 4 is 11.8 Å². The second kappa shape index (κ2) is 9.35. The van der Waals surface area contributed by atoms with E-state index in [1.807, 2.05) is 23.4 Å². The van der Waals surface area contributed by atoms with E-state index < -0.39 is 23.9 Å². The van der Waals surface area contributed by atoms with Crippen molar-refractivity contribution in [1.82, 2.24) is 15.1 Å². The Kier molecular flexibility index (Phi) is 6.61. The number of aromatic nitrogens is 2. The lowest BCUT2D eigenvalue weighted by Gasteiger charge is -2.29. The molecule has 2 heterocycles. The van der Waals surface area contributed by atoms with Crippen LogP contribution in [0.4, 0.5) is 19.0 Å². The van der Waals surface area contributed by atoms with E-state index in [9.17, 15) is 23.1 Å². The summed E-state index contributed by atoms with van der Waals surface area (Å²) in [6.45, 7) is 6.78. The molecule has 0 radical (unpaired) electrons. The summed E-state index contributed by atoms with van der Waals surface area (Å²) in [7, 11) is 0. The van der Waals surface area contributed by atoms with Gasteiger partial charge >= 0.3 is 12.1 Å². The SMILES string of the molecule is Cc1nn2c(c1C(O)N[C@@H](C)c1ccc(C(=O)O)cc1)N([C@H](C)c1ccc(C(F)(F)F)cc1)CC2. The zero-order valence-electron chi connectivity index (χ0n) is 19.5. The molecule has 0 saturated carbocycles. The Hall–Kier alpha value is -3.37. The Labute approximate surface area is 200 Å². The maximum atomic E-state index is 13.0. The van der Waals surface area contributed by atoms with Crippen LogP contribution in [-0.4, -0.2) is 32.5 Å². The lowest BCUT2D eigenvalue weighted by molar-refractivity contribution is -0.137. The first-order valence-corrected chi connectivity index (χ1v) is 11.3. The minimum atomic E-state index is -4.39. The summed E-state index contributed by atoms with van der Waals surface area (Å²) in [4.78, 5) is 13.1. The Morgan fingerprint density at radius 2 is 1.63 bits per heavy atom. The largest absolute Gasteiger partial charge is 0.478 e. The summed E-state index contributed by atoms with van der Waals surface area (Å²) in [5.74, 6) is -0.283. The lowest BCUT2D eigenvalue weighted by Crippen LogP contribution is -2.29. The van der Waals surface area contributed by atoms with E-state index in [4.69, 9.17) is 5.11 Å². The van der Waals surface area contributed by atoms with Crippen molar-refractivity contribution in [2.24, 2.45) is 0 Å². The van der Waals surface area contributed by atoms with Crippen molar-refractivity contribution in [3.8, 4) is 0 Å². The standard InChI is InChI=1S/C25H27F3N4O3/c1-14(17-4-6-19(7-5-17)24(34)35)29-22(33)21-15(2)30-32-13-12-31(23(21)32)16(3)18-8-10-20(11-9-18)25(26,27)28/h4-11,14,16,22,29,33H,12-13H2,1-3H3,(H,34,35)/t14-,16+,22?/m0/s1. The predicted octanol–water partition coefficient (Wildman–Crippen LogP) is 4.83. The van der Waals surface area contributed by atoms with Gasteiger partial charge in [0.25, 0.3) is 0 Å². The number of halogens is 3. The maximum absolute atomic E-state index is 13.0. The Morgan fingerprint density at radius 3 is 2.20 bits per heavy atom. The minimum absolute atomic E-state index is 0.180. The molecule has 0 fully saturated rings. The van der Waals surface area contributed by atoms with Gasteiger partial charge in [-0.2, -0.15) is 18.3 Å². The molecule has 7 nitrogen and oxygen atoms in total. The molecule has 3 aromatic rings. The molecule has 1 unspecified atom stereocenters. The number of hydrogen-bond acceptors (Lipinski definition) is 5. The van der Waals surface area contributed by atoms with Crippen LogP contribution in [-0.2, 0) is 12.7 Å². The zero-order chi connectivity index (χ0) is 25.5. The molecule has 2 aromatic carbocycles. The fourth-order valence-electron chi connectivity index (χ4n) is 4.51. The quantitative estimate of drug-likeness (QED) is 0.413. The third-order valence-corrected chi connectivity index (χ3v) is 6.50. The van der Waals surface area contributed by atoms with Gasteiger partial charge in [0.1, 0.15) is 12.0 Å². The number of alkyl halides is 3. The summed E-state index contributed by atoms with van der Waals surface area (Å²) < 4.78 is 40.7. The molecule has 1 aromatic heterocycles. The highest BCUT2D eigenvalue weighted by atomic mass is 19.4. The number of anilines is 1. The molecule has 0 aliphatic carbocycles. The minimum Gasteiger partial charge on any atom is -0.478 e. The number of aromatic carboxylic acids is 1. The van der Waals surface area contributed by atoms with Crippen molar-refractivity contribution in [2.45, 2.75) is 51.8 Å². The number of aliphatic hydroxyl groups is 1. The third-order valence-electron chi connectivity index (χ3n) is 6.50. The zero-order valence-corrected chi connectivity index (χ0v) is 19.5. The number of carbonyl (C=O) groups is 1. The average Bonchev–Trinajstić information content (AvgIpc) is 3.35. The van der Waals surface area contributed by atoms with Gasteiger partial charge in [-0.1, -0.05) is 24.3 Å². The van der Waals surface area contributed by atoms with Crippen LogP contribution in [0.25, 0.3) is 0 Å². The first-order chi connectivity index (χ1) is 16.5. The van der Waals surface area contributed by atoms with Gasteiger partial charge in [0.05, 0.1) is 35.0 Å². The number of fused-ring (bicyclic) bond motifs is 1. The maximum Gasteiger partial charge on any atom is 0.416 e. The van der Waals surface area contributed by atoms with Crippen LogP contribution < -0.4 is 10.2 Å². The van der Waals surface area contributed by atoms with Gasteiger partial charge in [0, 0.05) is 12.6 Å². The molecule has 10 heteroatoms. The van der Waals surface area contributed by atoms with Crippen LogP contribution in [0.1, 0.15) is 70.5 Å². The molecule has 3 atom stereocenters. The predicted molar refractivity (Wildman–Crippen MR) is 124 cm³/mol. The van der Waals surface area contributed by atoms with Crippen molar-refractivity contribution in [3.05, 3.63) is 82.0 Å². The second-order valence-corrected chi connectivity index (χ2v) is 8.75. The summed E-state index contributed by atoms with van der Waals surface area (Å²) in [6.07, 6.45) is -5.45. The highest BCUT2D eigenvalue weighted by molar-refractivity contribution is 5.87. The number of carboxylic acids is 1. The fourth-order valence-corrected chi connectivity index (χ4v) is 4.51. The van der Waals surface area contributed by atoms with Crippen molar-refractivity contribution in [1.29, 1.82) is 0 Å². The first-order valence-electron chi connectivity index (χ1n) is 11.3. The van der Waals surface area contributed by atoms with E-state index in [1.54, 1.807) is 19.1 Å². The van der Waals surface area contributed by atoms with E-state index in [0.29, 0.717) is 24.3 Å². The van der Waals surface area contributed by atoms with E-state index in [-0.39, 0.29) is 17.6 Å². The van der Waals surface area contributed by atoms with Gasteiger partial charge in [-0.3, -0.25) is 5.32 Å². The summed E-state index contributed by atoms with van der Waals surface area (Å²) >= 11 is 0. The second-order valence-electron chi connectivity index (χ2n) is 8.75. The monoisotopic (exact) mass is 488 g/mol. The van der Waals surface area contributed by atoms with Gasteiger partial charge in [-0.15, -0.1) is 0 Å². The number of benzene rings is 2. The molecule has 0 saturated heterocycles. The fraction of sp³-hybridized carbons (Fsp3) is 0.360. The van der Waals surface area contributed by atoms with E-state index in [2.05, 4.69) is 10.4 Å². The Morgan fingerprint density at radius 1 is 1.03 bits per heavy atom. The van der Waals surface area contributed by atoms with Crippen molar-refractivity contribution < 1.29 is 28.2 Å². The number of rotatable bonds is 7. The lowest BCUT2D eigenvalue weighted by atomic mass is 10.0. The molecule has 1 aliphatic heterocycles. The van der Waals surface area contributed by atoms with Gasteiger partial charge < -0.3 is 15.1 Å². The van der Waals surface area contributed by atoms with Crippen molar-refractivity contribution in [2.75, 3.05) is 11.4 Å². The van der Waals surface area contributed by atoms with Crippen LogP contribution in [0.5, 0.6) is 0 Å². The number of nitrogens with zero attached hydrogens (tertiary/aromatic N) is 3. The molecular formula is C25H27F3N4O3.